The summed E-state index contributed by atoms with van der Waals surface area (Å²) in [5.41, 5.74) is 8.05. The first-order valence-electron chi connectivity index (χ1n) is 8.84. The molecule has 0 aliphatic heterocycles. The summed E-state index contributed by atoms with van der Waals surface area (Å²) in [5.74, 6) is 0.678. The van der Waals surface area contributed by atoms with Gasteiger partial charge in [0.15, 0.2) is 0 Å². The van der Waals surface area contributed by atoms with Gasteiger partial charge >= 0.3 is 0 Å². The average molecular weight is 290 g/mol. The fourth-order valence-electron chi connectivity index (χ4n) is 2.83. The molecule has 0 fully saturated rings. The Morgan fingerprint density at radius 3 is 2.24 bits per heavy atom. The summed E-state index contributed by atoms with van der Waals surface area (Å²) in [5, 5.41) is 3.58. The molecule has 0 spiro atoms. The second-order valence-electron chi connectivity index (χ2n) is 6.08. The van der Waals surface area contributed by atoms with E-state index in [1.807, 2.05) is 12.1 Å². The third kappa shape index (κ3) is 8.11. The molecule has 1 aromatic rings. The van der Waals surface area contributed by atoms with Crippen LogP contribution >= 0.6 is 0 Å². The lowest BCUT2D eigenvalue weighted by Gasteiger charge is -2.15. The highest BCUT2D eigenvalue weighted by atomic mass is 14.8. The number of anilines is 1. The number of nitrogens with one attached hydrogen (secondary N) is 1. The maximum Gasteiger partial charge on any atom is 0.0314 e. The van der Waals surface area contributed by atoms with Gasteiger partial charge < -0.3 is 11.1 Å². The second kappa shape index (κ2) is 11.6. The first-order chi connectivity index (χ1) is 10.3. The van der Waals surface area contributed by atoms with Crippen molar-refractivity contribution in [3.05, 3.63) is 29.8 Å². The molecule has 3 N–H and O–H groups in total. The van der Waals surface area contributed by atoms with E-state index < -0.39 is 0 Å². The van der Waals surface area contributed by atoms with Crippen molar-refractivity contribution in [2.75, 3.05) is 18.8 Å². The predicted octanol–water partition coefficient (Wildman–Crippen LogP) is 5.10. The van der Waals surface area contributed by atoms with Crippen LogP contribution in [0.4, 0.5) is 5.69 Å². The Bertz CT molecular complexity index is 345. The van der Waals surface area contributed by atoms with Crippen LogP contribution in [0.15, 0.2) is 24.3 Å². The number of hydrogen-bond acceptors (Lipinski definition) is 2. The molecule has 1 rings (SSSR count). The molecular weight excluding hydrogens is 256 g/mol. The molecule has 2 nitrogen and oxygen atoms in total. The molecular formula is C19H34N2. The van der Waals surface area contributed by atoms with E-state index in [1.165, 1.54) is 63.5 Å². The zero-order valence-electron chi connectivity index (χ0n) is 14.0. The van der Waals surface area contributed by atoms with Crippen molar-refractivity contribution in [2.45, 2.75) is 71.1 Å². The fourth-order valence-corrected chi connectivity index (χ4v) is 2.83. The van der Waals surface area contributed by atoms with Crippen molar-refractivity contribution in [1.29, 1.82) is 0 Å². The molecule has 0 saturated carbocycles. The third-order valence-electron chi connectivity index (χ3n) is 4.26. The summed E-state index contributed by atoms with van der Waals surface area (Å²) in [6.07, 6.45) is 10.6. The Morgan fingerprint density at radius 1 is 0.905 bits per heavy atom. The van der Waals surface area contributed by atoms with Gasteiger partial charge in [0.2, 0.25) is 0 Å². The molecule has 1 atom stereocenters. The third-order valence-corrected chi connectivity index (χ3v) is 4.26. The highest BCUT2D eigenvalue weighted by Gasteiger charge is 2.08. The lowest BCUT2D eigenvalue weighted by Crippen LogP contribution is -2.17. The summed E-state index contributed by atoms with van der Waals surface area (Å²) in [7, 11) is 0. The maximum absolute atomic E-state index is 5.76. The van der Waals surface area contributed by atoms with Gasteiger partial charge in [-0.1, -0.05) is 51.7 Å². The summed E-state index contributed by atoms with van der Waals surface area (Å²) in [6, 6.07) is 8.41. The van der Waals surface area contributed by atoms with Crippen molar-refractivity contribution in [2.24, 2.45) is 0 Å². The Balaban J connectivity index is 2.08. The number of hydrogen-bond donors (Lipinski definition) is 2. The lowest BCUT2D eigenvalue weighted by atomic mass is 9.92. The lowest BCUT2D eigenvalue weighted by molar-refractivity contribution is 0.529. The highest BCUT2D eigenvalue weighted by Crippen LogP contribution is 2.25. The summed E-state index contributed by atoms with van der Waals surface area (Å²) in [6.45, 7) is 6.88. The van der Waals surface area contributed by atoms with Gasteiger partial charge in [0, 0.05) is 5.69 Å². The Hall–Kier alpha value is -1.02. The van der Waals surface area contributed by atoms with Gasteiger partial charge in [-0.05, 0) is 62.4 Å². The van der Waals surface area contributed by atoms with Gasteiger partial charge in [-0.15, -0.1) is 0 Å². The van der Waals surface area contributed by atoms with Crippen LogP contribution in [0.3, 0.4) is 0 Å². The van der Waals surface area contributed by atoms with E-state index in [0.717, 1.165) is 12.2 Å². The maximum atomic E-state index is 5.76. The molecule has 0 saturated heterocycles. The standard InChI is InChI=1S/C19H34N2/c1-3-5-6-7-8-15-21-16-9-10-17(4-2)18-11-13-19(20)14-12-18/h11-14,17,21H,3-10,15-16,20H2,1-2H3. The minimum atomic E-state index is 0.678. The molecule has 0 heterocycles. The number of benzene rings is 1. The van der Waals surface area contributed by atoms with E-state index in [2.05, 4.69) is 31.3 Å². The molecule has 0 bridgehead atoms. The first kappa shape index (κ1) is 18.0. The van der Waals surface area contributed by atoms with Gasteiger partial charge in [0.25, 0.3) is 0 Å². The Kier molecular flexibility index (Phi) is 9.98. The van der Waals surface area contributed by atoms with Gasteiger partial charge in [0.1, 0.15) is 0 Å². The molecule has 0 aliphatic carbocycles. The molecule has 0 radical (unpaired) electrons. The molecule has 1 aromatic carbocycles. The number of rotatable bonds is 12. The zero-order chi connectivity index (χ0) is 15.3. The largest absolute Gasteiger partial charge is 0.399 e. The molecule has 0 amide bonds. The van der Waals surface area contributed by atoms with E-state index in [0.29, 0.717) is 5.92 Å². The smallest absolute Gasteiger partial charge is 0.0314 e. The quantitative estimate of drug-likeness (QED) is 0.415. The summed E-state index contributed by atoms with van der Waals surface area (Å²) < 4.78 is 0. The van der Waals surface area contributed by atoms with Crippen LogP contribution in [0.2, 0.25) is 0 Å². The molecule has 120 valence electrons. The van der Waals surface area contributed by atoms with Crippen LogP contribution in [0.1, 0.15) is 76.7 Å². The minimum Gasteiger partial charge on any atom is -0.399 e. The number of nitrogens with two attached hydrogens (primary N) is 1. The monoisotopic (exact) mass is 290 g/mol. The molecule has 2 heteroatoms. The van der Waals surface area contributed by atoms with Gasteiger partial charge in [-0.25, -0.2) is 0 Å². The van der Waals surface area contributed by atoms with Gasteiger partial charge in [0.05, 0.1) is 0 Å². The number of nitrogen functional groups attached to an aromatic ring is 1. The normalized spacial score (nSPS) is 12.5. The van der Waals surface area contributed by atoms with Gasteiger partial charge in [-0.2, -0.15) is 0 Å². The molecule has 1 unspecified atom stereocenters. The minimum absolute atomic E-state index is 0.678. The van der Waals surface area contributed by atoms with Crippen molar-refractivity contribution < 1.29 is 0 Å². The zero-order valence-corrected chi connectivity index (χ0v) is 14.0. The van der Waals surface area contributed by atoms with E-state index in [9.17, 15) is 0 Å². The van der Waals surface area contributed by atoms with Crippen LogP contribution in [-0.4, -0.2) is 13.1 Å². The van der Waals surface area contributed by atoms with Crippen molar-refractivity contribution in [1.82, 2.24) is 5.32 Å². The van der Waals surface area contributed by atoms with Crippen molar-refractivity contribution in [3.63, 3.8) is 0 Å². The fraction of sp³-hybridized carbons (Fsp3) is 0.684. The highest BCUT2D eigenvalue weighted by molar-refractivity contribution is 5.40. The van der Waals surface area contributed by atoms with Crippen LogP contribution in [-0.2, 0) is 0 Å². The summed E-state index contributed by atoms with van der Waals surface area (Å²) in [4.78, 5) is 0. The van der Waals surface area contributed by atoms with Crippen LogP contribution in [0.25, 0.3) is 0 Å². The Morgan fingerprint density at radius 2 is 1.57 bits per heavy atom. The average Bonchev–Trinajstić information content (AvgIpc) is 2.51. The van der Waals surface area contributed by atoms with Crippen molar-refractivity contribution >= 4 is 5.69 Å². The van der Waals surface area contributed by atoms with Gasteiger partial charge in [-0.3, -0.25) is 0 Å². The Labute approximate surface area is 131 Å². The molecule has 21 heavy (non-hydrogen) atoms. The van der Waals surface area contributed by atoms with E-state index in [-0.39, 0.29) is 0 Å². The van der Waals surface area contributed by atoms with Crippen molar-refractivity contribution in [3.8, 4) is 0 Å². The van der Waals surface area contributed by atoms with Crippen LogP contribution in [0, 0.1) is 0 Å². The van der Waals surface area contributed by atoms with E-state index in [4.69, 9.17) is 5.73 Å². The van der Waals surface area contributed by atoms with Crippen LogP contribution in [0.5, 0.6) is 0 Å². The SMILES string of the molecule is CCCCCCCNCCCC(CC)c1ccc(N)cc1. The predicted molar refractivity (Wildman–Crippen MR) is 94.7 cm³/mol. The first-order valence-corrected chi connectivity index (χ1v) is 8.84. The van der Waals surface area contributed by atoms with E-state index >= 15 is 0 Å². The summed E-state index contributed by atoms with van der Waals surface area (Å²) >= 11 is 0. The number of unbranched alkanes of at least 4 members (excludes halogenated alkanes) is 4. The topological polar surface area (TPSA) is 38.0 Å². The van der Waals surface area contributed by atoms with E-state index in [1.54, 1.807) is 0 Å². The molecule has 0 aliphatic rings. The van der Waals surface area contributed by atoms with Crippen LogP contribution < -0.4 is 11.1 Å². The second-order valence-corrected chi connectivity index (χ2v) is 6.08. The molecule has 0 aromatic heterocycles.